The number of piperazine rings is 1. The molecule has 35 heavy (non-hydrogen) atoms. The standard InChI is InChI=1S/C28H32N4O3/c33-26-25(17-20-18-29-24-11-5-4-10-23(20)24)30-27(34)28(32(26)19-22-9-6-16-35-22)12-14-31(15-13-28)21-7-2-1-3-8-21/h1-5,7-8,10-11,18,22,25,29H,6,9,12-17,19H2,(H,30,34). The van der Waals surface area contributed by atoms with Crippen molar-refractivity contribution in [3.63, 3.8) is 0 Å². The molecule has 3 saturated heterocycles. The summed E-state index contributed by atoms with van der Waals surface area (Å²) >= 11 is 0. The highest BCUT2D eigenvalue weighted by atomic mass is 16.5. The van der Waals surface area contributed by atoms with Crippen LogP contribution in [0, 0.1) is 0 Å². The van der Waals surface area contributed by atoms with Crippen LogP contribution in [0.5, 0.6) is 0 Å². The molecule has 7 nitrogen and oxygen atoms in total. The number of hydrogen-bond donors (Lipinski definition) is 2. The molecule has 3 aliphatic rings. The number of hydrogen-bond acceptors (Lipinski definition) is 4. The van der Waals surface area contributed by atoms with Gasteiger partial charge in [0.15, 0.2) is 0 Å². The van der Waals surface area contributed by atoms with E-state index >= 15 is 0 Å². The van der Waals surface area contributed by atoms with Crippen LogP contribution in [0.15, 0.2) is 60.8 Å². The number of para-hydroxylation sites is 2. The molecule has 0 aliphatic carbocycles. The Labute approximate surface area is 205 Å². The van der Waals surface area contributed by atoms with Gasteiger partial charge in [-0.3, -0.25) is 9.59 Å². The second-order valence-corrected chi connectivity index (χ2v) is 10.0. The zero-order valence-electron chi connectivity index (χ0n) is 19.9. The van der Waals surface area contributed by atoms with Crippen LogP contribution in [0.2, 0.25) is 0 Å². The van der Waals surface area contributed by atoms with Gasteiger partial charge in [0.1, 0.15) is 11.6 Å². The highest BCUT2D eigenvalue weighted by molar-refractivity contribution is 6.00. The summed E-state index contributed by atoms with van der Waals surface area (Å²) < 4.78 is 5.92. The molecule has 2 atom stereocenters. The minimum absolute atomic E-state index is 0.00242. The van der Waals surface area contributed by atoms with E-state index < -0.39 is 11.6 Å². The fourth-order valence-electron chi connectivity index (χ4n) is 6.06. The molecule has 182 valence electrons. The van der Waals surface area contributed by atoms with Gasteiger partial charge < -0.3 is 24.8 Å². The van der Waals surface area contributed by atoms with Crippen molar-refractivity contribution in [2.75, 3.05) is 31.1 Å². The number of rotatable bonds is 5. The number of carbonyl (C=O) groups excluding carboxylic acids is 2. The number of nitrogens with one attached hydrogen (secondary N) is 2. The van der Waals surface area contributed by atoms with Crippen molar-refractivity contribution in [3.8, 4) is 0 Å². The number of carbonyl (C=O) groups is 2. The molecule has 1 spiro atoms. The first kappa shape index (κ1) is 22.2. The number of fused-ring (bicyclic) bond motifs is 1. The lowest BCUT2D eigenvalue weighted by Gasteiger charge is -2.52. The summed E-state index contributed by atoms with van der Waals surface area (Å²) in [4.78, 5) is 35.2. The summed E-state index contributed by atoms with van der Waals surface area (Å²) in [5.41, 5.74) is 2.43. The highest BCUT2D eigenvalue weighted by Gasteiger charge is 2.54. The molecule has 6 rings (SSSR count). The van der Waals surface area contributed by atoms with Crippen molar-refractivity contribution in [2.45, 2.75) is 49.8 Å². The number of nitrogens with zero attached hydrogens (tertiary/aromatic N) is 2. The largest absolute Gasteiger partial charge is 0.376 e. The van der Waals surface area contributed by atoms with Crippen molar-refractivity contribution < 1.29 is 14.3 Å². The number of anilines is 1. The number of benzene rings is 2. The summed E-state index contributed by atoms with van der Waals surface area (Å²) in [7, 11) is 0. The fraction of sp³-hybridized carbons (Fsp3) is 0.429. The van der Waals surface area contributed by atoms with Crippen LogP contribution in [0.25, 0.3) is 10.9 Å². The van der Waals surface area contributed by atoms with E-state index in [-0.39, 0.29) is 17.9 Å². The smallest absolute Gasteiger partial charge is 0.246 e. The number of H-pyrrole nitrogens is 1. The van der Waals surface area contributed by atoms with Crippen molar-refractivity contribution in [2.24, 2.45) is 0 Å². The summed E-state index contributed by atoms with van der Waals surface area (Å²) in [5.74, 6) is -0.00816. The fourth-order valence-corrected chi connectivity index (χ4v) is 6.06. The summed E-state index contributed by atoms with van der Waals surface area (Å²) in [6.45, 7) is 2.69. The topological polar surface area (TPSA) is 77.7 Å². The van der Waals surface area contributed by atoms with E-state index in [0.717, 1.165) is 54.7 Å². The number of ether oxygens (including phenoxy) is 1. The number of piperidine rings is 1. The molecule has 2 aromatic carbocycles. The molecular weight excluding hydrogens is 440 g/mol. The van der Waals surface area contributed by atoms with Gasteiger partial charge in [0.2, 0.25) is 11.8 Å². The second-order valence-electron chi connectivity index (χ2n) is 10.0. The molecule has 3 aliphatic heterocycles. The van der Waals surface area contributed by atoms with Gasteiger partial charge >= 0.3 is 0 Å². The molecule has 7 heteroatoms. The van der Waals surface area contributed by atoms with Crippen LogP contribution >= 0.6 is 0 Å². The van der Waals surface area contributed by atoms with Gasteiger partial charge in [0.05, 0.1) is 6.10 Å². The highest BCUT2D eigenvalue weighted by Crippen LogP contribution is 2.36. The number of aromatic nitrogens is 1. The maximum atomic E-state index is 14.0. The normalized spacial score (nSPS) is 24.3. The van der Waals surface area contributed by atoms with E-state index in [2.05, 4.69) is 33.4 Å². The van der Waals surface area contributed by atoms with Crippen LogP contribution in [0.4, 0.5) is 5.69 Å². The maximum absolute atomic E-state index is 14.0. The van der Waals surface area contributed by atoms with Gasteiger partial charge in [-0.05, 0) is 49.4 Å². The molecule has 0 bridgehead atoms. The molecule has 0 radical (unpaired) electrons. The molecule has 4 heterocycles. The minimum Gasteiger partial charge on any atom is -0.376 e. The first-order valence-corrected chi connectivity index (χ1v) is 12.7. The minimum atomic E-state index is -0.814. The molecule has 0 saturated carbocycles. The van der Waals surface area contributed by atoms with Crippen LogP contribution in [-0.4, -0.2) is 65.6 Å². The van der Waals surface area contributed by atoms with Crippen molar-refractivity contribution in [1.29, 1.82) is 0 Å². The lowest BCUT2D eigenvalue weighted by atomic mass is 9.80. The van der Waals surface area contributed by atoms with Crippen LogP contribution in [0.3, 0.4) is 0 Å². The monoisotopic (exact) mass is 472 g/mol. The third-order valence-corrected chi connectivity index (χ3v) is 8.03. The van der Waals surface area contributed by atoms with E-state index in [0.29, 0.717) is 25.8 Å². The molecule has 3 fully saturated rings. The van der Waals surface area contributed by atoms with Crippen molar-refractivity contribution in [1.82, 2.24) is 15.2 Å². The van der Waals surface area contributed by atoms with E-state index in [1.807, 2.05) is 47.5 Å². The average Bonchev–Trinajstić information content (AvgIpc) is 3.56. The number of aromatic amines is 1. The van der Waals surface area contributed by atoms with E-state index in [1.165, 1.54) is 0 Å². The lowest BCUT2D eigenvalue weighted by molar-refractivity contribution is -0.161. The van der Waals surface area contributed by atoms with Gasteiger partial charge in [-0.1, -0.05) is 36.4 Å². The first-order chi connectivity index (χ1) is 17.1. The van der Waals surface area contributed by atoms with Crippen LogP contribution in [-0.2, 0) is 20.7 Å². The van der Waals surface area contributed by atoms with Crippen molar-refractivity contribution in [3.05, 3.63) is 66.4 Å². The van der Waals surface area contributed by atoms with E-state index in [4.69, 9.17) is 4.74 Å². The molecular formula is C28H32N4O3. The Kier molecular flexibility index (Phi) is 5.72. The summed E-state index contributed by atoms with van der Waals surface area (Å²) in [6.07, 6.45) is 5.61. The Morgan fingerprint density at radius 3 is 2.54 bits per heavy atom. The third-order valence-electron chi connectivity index (χ3n) is 8.03. The lowest BCUT2D eigenvalue weighted by Crippen LogP contribution is -2.74. The molecule has 2 unspecified atom stereocenters. The maximum Gasteiger partial charge on any atom is 0.246 e. The second kappa shape index (κ2) is 9.04. The molecule has 2 N–H and O–H groups in total. The van der Waals surface area contributed by atoms with Gasteiger partial charge in [-0.15, -0.1) is 0 Å². The average molecular weight is 473 g/mol. The first-order valence-electron chi connectivity index (χ1n) is 12.7. The van der Waals surface area contributed by atoms with Gasteiger partial charge in [0.25, 0.3) is 0 Å². The molecule has 1 aromatic heterocycles. The predicted octanol–water partition coefficient (Wildman–Crippen LogP) is 3.26. The molecule has 3 aromatic rings. The predicted molar refractivity (Wildman–Crippen MR) is 135 cm³/mol. The van der Waals surface area contributed by atoms with Gasteiger partial charge in [-0.25, -0.2) is 0 Å². The SMILES string of the molecule is O=C1C(Cc2c[nH]c3ccccc23)NC(=O)C2(CCN(c3ccccc3)CC2)N1CC1CCCO1. The van der Waals surface area contributed by atoms with Gasteiger partial charge in [-0.2, -0.15) is 0 Å². The zero-order chi connectivity index (χ0) is 23.8. The quantitative estimate of drug-likeness (QED) is 0.598. The van der Waals surface area contributed by atoms with E-state index in [1.54, 1.807) is 0 Å². The summed E-state index contributed by atoms with van der Waals surface area (Å²) in [6, 6.07) is 17.8. The van der Waals surface area contributed by atoms with E-state index in [9.17, 15) is 9.59 Å². The summed E-state index contributed by atoms with van der Waals surface area (Å²) in [5, 5.41) is 4.23. The Balaban J connectivity index is 1.26. The third kappa shape index (κ3) is 3.97. The van der Waals surface area contributed by atoms with Crippen molar-refractivity contribution >= 4 is 28.4 Å². The number of amides is 2. The zero-order valence-corrected chi connectivity index (χ0v) is 19.9. The van der Waals surface area contributed by atoms with Gasteiger partial charge in [0, 0.05) is 55.4 Å². The Bertz CT molecular complexity index is 1210. The Morgan fingerprint density at radius 2 is 1.77 bits per heavy atom. The van der Waals surface area contributed by atoms with Crippen LogP contribution in [0.1, 0.15) is 31.2 Å². The Hall–Kier alpha value is -3.32. The van der Waals surface area contributed by atoms with Crippen LogP contribution < -0.4 is 10.2 Å². The molecule has 2 amide bonds. The Morgan fingerprint density at radius 1 is 1.00 bits per heavy atom.